The summed E-state index contributed by atoms with van der Waals surface area (Å²) in [5.41, 5.74) is 2.02. The topological polar surface area (TPSA) is 242 Å². The summed E-state index contributed by atoms with van der Waals surface area (Å²) in [5, 5.41) is 28.3. The van der Waals surface area contributed by atoms with Crippen molar-refractivity contribution >= 4 is 54.6 Å². The number of aliphatic carboxylic acids is 1. The van der Waals surface area contributed by atoms with Crippen LogP contribution in [0.3, 0.4) is 0 Å². The molecule has 0 spiro atoms. The summed E-state index contributed by atoms with van der Waals surface area (Å²) in [5.74, 6) is -3.81. The minimum Gasteiger partial charge on any atom is -0.548 e. The van der Waals surface area contributed by atoms with Gasteiger partial charge in [-0.1, -0.05) is 87.6 Å². The van der Waals surface area contributed by atoms with Gasteiger partial charge in [-0.3, -0.25) is 19.6 Å². The van der Waals surface area contributed by atoms with Crippen molar-refractivity contribution in [2.75, 3.05) is 13.2 Å². The molecule has 0 unspecified atom stereocenters. The van der Waals surface area contributed by atoms with E-state index in [1.807, 2.05) is 60.7 Å². The zero-order valence-corrected chi connectivity index (χ0v) is 37.9. The van der Waals surface area contributed by atoms with Crippen LogP contribution >= 0.6 is 0 Å². The van der Waals surface area contributed by atoms with Crippen LogP contribution in [-0.2, 0) is 43.6 Å². The molecule has 2 N–H and O–H groups in total. The van der Waals surface area contributed by atoms with Gasteiger partial charge in [-0.2, -0.15) is 0 Å². The average molecular weight is 925 g/mol. The molecular formula is C45H49N4NaO12S2. The van der Waals surface area contributed by atoms with Gasteiger partial charge in [0.25, 0.3) is 11.8 Å². The molecule has 4 fully saturated rings. The van der Waals surface area contributed by atoms with Crippen molar-refractivity contribution < 1.29 is 85.6 Å². The smallest absolute Gasteiger partial charge is 0.548 e. The average Bonchev–Trinajstić information content (AvgIpc) is 3.49. The molecule has 2 aromatic carbocycles. The van der Waals surface area contributed by atoms with Gasteiger partial charge < -0.3 is 34.7 Å². The molecule has 8 rings (SSSR count). The Morgan fingerprint density at radius 1 is 0.656 bits per heavy atom. The minimum atomic E-state index is -4.06. The maximum absolute atomic E-state index is 13.7. The number of benzene rings is 2. The van der Waals surface area contributed by atoms with Gasteiger partial charge in [-0.25, -0.2) is 21.6 Å². The zero-order chi connectivity index (χ0) is 44.2. The largest absolute Gasteiger partial charge is 1.00 e. The minimum absolute atomic E-state index is 0. The number of nitrogens with zero attached hydrogens (tertiary/aromatic N) is 4. The fourth-order valence-electron chi connectivity index (χ4n) is 8.33. The normalized spacial score (nSPS) is 24.0. The molecule has 4 aromatic rings. The van der Waals surface area contributed by atoms with Crippen molar-refractivity contribution in [3.05, 3.63) is 143 Å². The van der Waals surface area contributed by atoms with Crippen LogP contribution in [0, 0.1) is 0 Å². The number of sulfone groups is 2. The molecule has 4 aliphatic heterocycles. The van der Waals surface area contributed by atoms with E-state index in [2.05, 4.69) is 9.97 Å². The van der Waals surface area contributed by atoms with Gasteiger partial charge in [0.15, 0.2) is 42.6 Å². The van der Waals surface area contributed by atoms with E-state index in [-0.39, 0.29) is 72.4 Å². The fraction of sp³-hybridized carbons (Fsp3) is 0.333. The Hall–Kier alpha value is -5.08. The molecule has 0 radical (unpaired) electrons. The molecule has 0 aliphatic carbocycles. The number of carbonyl (C=O) groups excluding carboxylic acids is 4. The van der Waals surface area contributed by atoms with Gasteiger partial charge in [0.2, 0.25) is 0 Å². The van der Waals surface area contributed by atoms with Crippen LogP contribution in [0.1, 0.15) is 71.2 Å². The monoisotopic (exact) mass is 924 g/mol. The Morgan fingerprint density at radius 3 is 1.36 bits per heavy atom. The van der Waals surface area contributed by atoms with Crippen molar-refractivity contribution in [1.29, 1.82) is 0 Å². The Labute approximate surface area is 394 Å². The van der Waals surface area contributed by atoms with Gasteiger partial charge in [0.1, 0.15) is 4.75 Å². The number of rotatable bonds is 9. The van der Waals surface area contributed by atoms with Crippen LogP contribution in [0.25, 0.3) is 11.1 Å². The number of carboxylic acids is 1. The van der Waals surface area contributed by atoms with Gasteiger partial charge in [0.05, 0.1) is 52.5 Å². The van der Waals surface area contributed by atoms with E-state index in [9.17, 15) is 51.3 Å². The summed E-state index contributed by atoms with van der Waals surface area (Å²) < 4.78 is 55.6. The molecule has 19 heteroatoms. The first-order valence-corrected chi connectivity index (χ1v) is 22.1. The van der Waals surface area contributed by atoms with Crippen molar-refractivity contribution in [2.24, 2.45) is 0 Å². The first-order valence-electron chi connectivity index (χ1n) is 19.0. The van der Waals surface area contributed by atoms with E-state index in [0.717, 1.165) is 9.80 Å². The van der Waals surface area contributed by atoms with E-state index in [0.29, 0.717) is 16.8 Å². The van der Waals surface area contributed by atoms with Gasteiger partial charge in [-0.05, 0) is 63.1 Å². The summed E-state index contributed by atoms with van der Waals surface area (Å²) in [6.45, 7) is 4.20. The molecule has 16 nitrogen and oxygen atoms in total. The number of β-lactam (4-membered cyclic amide) rings is 2. The molecule has 334 valence electrons. The van der Waals surface area contributed by atoms with Gasteiger partial charge in [0, 0.05) is 23.5 Å². The number of hydrogen-bond donors (Lipinski definition) is 2. The summed E-state index contributed by atoms with van der Waals surface area (Å²) in [4.78, 5) is 61.1. The number of hydrogen-bond acceptors (Lipinski definition) is 14. The molecule has 0 bridgehead atoms. The first-order chi connectivity index (χ1) is 28.9. The fourth-order valence-corrected chi connectivity index (χ4v) is 12.7. The second kappa shape index (κ2) is 19.2. The molecule has 64 heavy (non-hydrogen) atoms. The maximum Gasteiger partial charge on any atom is 1.00 e. The van der Waals surface area contributed by atoms with E-state index < -0.39 is 95.1 Å². The number of pyridine rings is 2. The van der Waals surface area contributed by atoms with Crippen LogP contribution in [0.5, 0.6) is 0 Å². The standard InChI is InChI=1S/C28H26N2O6S.C15H16N2O6S.2CH4.Na/c1-28(2)24(27(33)36-23(18-11-5-3-6-12-18)19-13-7-4-8-14-19)30-25(32)22(26(30)37(28,34)35)20(17-31)21-15-9-10-16-29-21;1-15(2)11(14(20)21)17-12(19)10(13(17)24(15,22)23)8(7-18)9-5-3-4-6-16-9;;;/h3-16,23-24,26,31H,17H2,1-2H3;3-6,11,13,18H,7H2,1-2H3,(H,20,21);2*1H4;/q;;;;+1/p-1/b22-20-;10-8-;;;/t24-,26+;11-,13+;;;/m00.../s1. The first kappa shape index (κ1) is 51.6. The number of esters is 1. The van der Waals surface area contributed by atoms with E-state index in [1.165, 1.54) is 46.2 Å². The van der Waals surface area contributed by atoms with Gasteiger partial charge >= 0.3 is 35.5 Å². The third-order valence-corrected chi connectivity index (χ3v) is 17.1. The predicted molar refractivity (Wildman–Crippen MR) is 231 cm³/mol. The SMILES string of the molecule is C.C.CC1(C)[C@H](C(=O)OC(c2ccccc2)c2ccccc2)N2C(=O)/C(=C(\CO)c3ccccn3)[C@H]2S1(=O)=O.CC1(C)[C@H](C(=O)[O-])N2C(=O)/C(=C(\CO)c3ccccn3)[C@H]2S1(=O)=O.[Na+]. The van der Waals surface area contributed by atoms with Crippen LogP contribution in [0.2, 0.25) is 0 Å². The predicted octanol–water partition coefficient (Wildman–Crippen LogP) is -0.498. The van der Waals surface area contributed by atoms with Crippen molar-refractivity contribution in [3.63, 3.8) is 0 Å². The number of amides is 2. The maximum atomic E-state index is 13.7. The number of aliphatic hydroxyl groups is 2. The van der Waals surface area contributed by atoms with Crippen LogP contribution in [0.15, 0.2) is 121 Å². The molecule has 4 aliphatic rings. The third-order valence-electron chi connectivity index (χ3n) is 11.7. The third kappa shape index (κ3) is 8.03. The number of ether oxygens (including phenoxy) is 1. The van der Waals surface area contributed by atoms with E-state index in [1.54, 1.807) is 30.3 Å². The molecular weight excluding hydrogens is 876 g/mol. The molecule has 4 saturated heterocycles. The van der Waals surface area contributed by atoms with Crippen LogP contribution < -0.4 is 34.7 Å². The Morgan fingerprint density at radius 2 is 1.02 bits per heavy atom. The summed E-state index contributed by atoms with van der Waals surface area (Å²) in [6.07, 6.45) is 2.15. The number of aromatic nitrogens is 2. The zero-order valence-electron chi connectivity index (χ0n) is 34.3. The second-order valence-electron chi connectivity index (χ2n) is 15.7. The van der Waals surface area contributed by atoms with E-state index in [4.69, 9.17) is 4.74 Å². The number of fused-ring (bicyclic) bond motifs is 2. The Kier molecular flexibility index (Phi) is 15.4. The van der Waals surface area contributed by atoms with Crippen LogP contribution in [0.4, 0.5) is 0 Å². The summed E-state index contributed by atoms with van der Waals surface area (Å²) >= 11 is 0. The Bertz CT molecular complexity index is 2660. The molecule has 2 amide bonds. The summed E-state index contributed by atoms with van der Waals surface area (Å²) in [6, 6.07) is 25.1. The van der Waals surface area contributed by atoms with Crippen molar-refractivity contribution in [2.45, 2.75) is 81.0 Å². The molecule has 0 saturated carbocycles. The quantitative estimate of drug-likeness (QED) is 0.0932. The van der Waals surface area contributed by atoms with Crippen molar-refractivity contribution in [3.8, 4) is 0 Å². The second-order valence-corrected chi connectivity index (χ2v) is 20.9. The van der Waals surface area contributed by atoms with Crippen molar-refractivity contribution in [1.82, 2.24) is 19.8 Å². The van der Waals surface area contributed by atoms with E-state index >= 15 is 0 Å². The number of aliphatic hydroxyl groups excluding tert-OH is 2. The molecule has 2 aromatic heterocycles. The molecule has 6 heterocycles. The number of carbonyl (C=O) groups is 4. The number of carboxylic acid groups (broad SMARTS) is 1. The Balaban J connectivity index is 0.000000291. The summed E-state index contributed by atoms with van der Waals surface area (Å²) in [7, 11) is -8.08. The van der Waals surface area contributed by atoms with Crippen LogP contribution in [-0.4, -0.2) is 116 Å². The van der Waals surface area contributed by atoms with Gasteiger partial charge in [-0.15, -0.1) is 0 Å². The molecule has 4 atom stereocenters.